The maximum atomic E-state index is 11.6. The average molecular weight is 244 g/mol. The highest BCUT2D eigenvalue weighted by Crippen LogP contribution is 2.05. The summed E-state index contributed by atoms with van der Waals surface area (Å²) >= 11 is 0. The number of nitrogens with one attached hydrogen (secondary N) is 2. The molecule has 0 bridgehead atoms. The van der Waals surface area contributed by atoms with Crippen LogP contribution in [0, 0.1) is 5.92 Å². The quantitative estimate of drug-likeness (QED) is 0.546. The minimum atomic E-state index is -0.395. The number of hydrogen-bond donors (Lipinski definition) is 3. The van der Waals surface area contributed by atoms with E-state index in [9.17, 15) is 9.90 Å². The van der Waals surface area contributed by atoms with E-state index >= 15 is 0 Å². The molecule has 17 heavy (non-hydrogen) atoms. The fraction of sp³-hybridized carbons (Fsp3) is 0.917. The van der Waals surface area contributed by atoms with E-state index in [4.69, 9.17) is 4.74 Å². The van der Waals surface area contributed by atoms with Crippen molar-refractivity contribution in [1.82, 2.24) is 10.6 Å². The first-order valence-corrected chi connectivity index (χ1v) is 6.36. The predicted octanol–water partition coefficient (Wildman–Crippen LogP) is -0.112. The number of carbonyl (C=O) groups is 1. The van der Waals surface area contributed by atoms with Gasteiger partial charge in [-0.15, -0.1) is 0 Å². The third-order valence-electron chi connectivity index (χ3n) is 2.81. The van der Waals surface area contributed by atoms with Gasteiger partial charge in [-0.25, -0.2) is 0 Å². The van der Waals surface area contributed by atoms with Gasteiger partial charge in [0.25, 0.3) is 0 Å². The highest BCUT2D eigenvalue weighted by Gasteiger charge is 2.27. The Hall–Kier alpha value is -0.650. The van der Waals surface area contributed by atoms with Crippen molar-refractivity contribution < 1.29 is 14.6 Å². The van der Waals surface area contributed by atoms with Crippen LogP contribution in [0.1, 0.15) is 26.7 Å². The summed E-state index contributed by atoms with van der Waals surface area (Å²) < 4.78 is 5.39. The summed E-state index contributed by atoms with van der Waals surface area (Å²) in [6.07, 6.45) is 1.15. The van der Waals surface area contributed by atoms with Crippen molar-refractivity contribution in [3.05, 3.63) is 0 Å². The van der Waals surface area contributed by atoms with Gasteiger partial charge in [0.15, 0.2) is 0 Å². The van der Waals surface area contributed by atoms with Crippen molar-refractivity contribution >= 4 is 5.91 Å². The molecule has 1 amide bonds. The molecule has 0 radical (unpaired) electrons. The van der Waals surface area contributed by atoms with Gasteiger partial charge >= 0.3 is 0 Å². The Bertz CT molecular complexity index is 234. The van der Waals surface area contributed by atoms with Crippen LogP contribution in [-0.4, -0.2) is 49.5 Å². The lowest BCUT2D eigenvalue weighted by Crippen LogP contribution is -2.41. The fourth-order valence-electron chi connectivity index (χ4n) is 1.71. The van der Waals surface area contributed by atoms with Gasteiger partial charge in [0.2, 0.25) is 5.91 Å². The van der Waals surface area contributed by atoms with Crippen molar-refractivity contribution in [2.75, 3.05) is 26.3 Å². The molecule has 0 aromatic rings. The number of amides is 1. The number of ether oxygens (including phenoxy) is 1. The molecule has 5 heteroatoms. The van der Waals surface area contributed by atoms with Gasteiger partial charge in [-0.1, -0.05) is 13.8 Å². The molecule has 2 atom stereocenters. The summed E-state index contributed by atoms with van der Waals surface area (Å²) in [5.41, 5.74) is 0. The Labute approximate surface area is 103 Å². The third-order valence-corrected chi connectivity index (χ3v) is 2.81. The van der Waals surface area contributed by atoms with Crippen molar-refractivity contribution in [2.45, 2.75) is 38.8 Å². The first-order valence-electron chi connectivity index (χ1n) is 6.36. The lowest BCUT2D eigenvalue weighted by molar-refractivity contribution is -0.123. The van der Waals surface area contributed by atoms with Gasteiger partial charge in [0.05, 0.1) is 18.8 Å². The average Bonchev–Trinajstić information content (AvgIpc) is 2.69. The van der Waals surface area contributed by atoms with Crippen LogP contribution in [0.2, 0.25) is 0 Å². The molecule has 2 unspecified atom stereocenters. The van der Waals surface area contributed by atoms with E-state index in [0.717, 1.165) is 13.0 Å². The standard InChI is InChI=1S/C12H24N2O3/c1-9(2)3-5-17-6-4-13-12(16)11-7-10(15)8-14-11/h9-11,14-15H,3-8H2,1-2H3,(H,13,16). The Balaban J connectivity index is 1.97. The second-order valence-electron chi connectivity index (χ2n) is 4.94. The number of β-amino-alcohol motifs (C(OH)–C–C–N with tert-alkyl or cyclic N) is 1. The molecule has 0 aliphatic carbocycles. The van der Waals surface area contributed by atoms with Crippen molar-refractivity contribution in [3.63, 3.8) is 0 Å². The Kier molecular flexibility index (Phi) is 6.47. The predicted molar refractivity (Wildman–Crippen MR) is 65.7 cm³/mol. The summed E-state index contributed by atoms with van der Waals surface area (Å²) in [4.78, 5) is 11.6. The maximum absolute atomic E-state index is 11.6. The molecule has 0 aromatic carbocycles. The maximum Gasteiger partial charge on any atom is 0.237 e. The van der Waals surface area contributed by atoms with E-state index in [1.54, 1.807) is 0 Å². The molecule has 1 aliphatic heterocycles. The molecule has 0 spiro atoms. The molecule has 0 saturated carbocycles. The molecule has 1 aliphatic rings. The van der Waals surface area contributed by atoms with Crippen LogP contribution in [0.15, 0.2) is 0 Å². The molecule has 1 heterocycles. The zero-order valence-electron chi connectivity index (χ0n) is 10.7. The zero-order valence-corrected chi connectivity index (χ0v) is 10.7. The molecular formula is C12H24N2O3. The molecule has 100 valence electrons. The number of carbonyl (C=O) groups excluding carboxylic acids is 1. The van der Waals surface area contributed by atoms with E-state index in [-0.39, 0.29) is 11.9 Å². The number of rotatable bonds is 7. The summed E-state index contributed by atoms with van der Waals surface area (Å²) in [6, 6.07) is -0.249. The highest BCUT2D eigenvalue weighted by molar-refractivity contribution is 5.82. The number of aliphatic hydroxyl groups excluding tert-OH is 1. The number of aliphatic hydroxyl groups is 1. The first-order chi connectivity index (χ1) is 8.09. The van der Waals surface area contributed by atoms with Crippen molar-refractivity contribution in [2.24, 2.45) is 5.92 Å². The lowest BCUT2D eigenvalue weighted by atomic mass is 10.1. The Morgan fingerprint density at radius 1 is 1.53 bits per heavy atom. The normalized spacial score (nSPS) is 24.2. The van der Waals surface area contributed by atoms with Gasteiger partial charge < -0.3 is 20.5 Å². The van der Waals surface area contributed by atoms with Crippen molar-refractivity contribution in [1.29, 1.82) is 0 Å². The second kappa shape index (κ2) is 7.63. The summed E-state index contributed by atoms with van der Waals surface area (Å²) in [7, 11) is 0. The van der Waals surface area contributed by atoms with Crippen LogP contribution in [-0.2, 0) is 9.53 Å². The molecule has 1 saturated heterocycles. The van der Waals surface area contributed by atoms with Gasteiger partial charge in [-0.3, -0.25) is 4.79 Å². The molecule has 0 aromatic heterocycles. The van der Waals surface area contributed by atoms with Crippen LogP contribution < -0.4 is 10.6 Å². The Morgan fingerprint density at radius 2 is 2.29 bits per heavy atom. The SMILES string of the molecule is CC(C)CCOCCNC(=O)C1CC(O)CN1. The lowest BCUT2D eigenvalue weighted by Gasteiger charge is -2.11. The molecule has 1 rings (SSSR count). The van der Waals surface area contributed by atoms with Crippen LogP contribution >= 0.6 is 0 Å². The van der Waals surface area contributed by atoms with Crippen LogP contribution in [0.25, 0.3) is 0 Å². The van der Waals surface area contributed by atoms with Gasteiger partial charge in [0.1, 0.15) is 0 Å². The van der Waals surface area contributed by atoms with E-state index in [2.05, 4.69) is 24.5 Å². The van der Waals surface area contributed by atoms with Gasteiger partial charge in [-0.2, -0.15) is 0 Å². The topological polar surface area (TPSA) is 70.6 Å². The van der Waals surface area contributed by atoms with Crippen LogP contribution in [0.4, 0.5) is 0 Å². The largest absolute Gasteiger partial charge is 0.392 e. The number of hydrogen-bond acceptors (Lipinski definition) is 4. The first kappa shape index (κ1) is 14.4. The minimum absolute atomic E-state index is 0.0472. The van der Waals surface area contributed by atoms with E-state index in [1.807, 2.05) is 0 Å². The smallest absolute Gasteiger partial charge is 0.237 e. The highest BCUT2D eigenvalue weighted by atomic mass is 16.5. The monoisotopic (exact) mass is 244 g/mol. The second-order valence-corrected chi connectivity index (χ2v) is 4.94. The van der Waals surface area contributed by atoms with Crippen LogP contribution in [0.5, 0.6) is 0 Å². The Morgan fingerprint density at radius 3 is 2.88 bits per heavy atom. The summed E-state index contributed by atoms with van der Waals surface area (Å²) in [5, 5.41) is 15.0. The van der Waals surface area contributed by atoms with Gasteiger partial charge in [0, 0.05) is 19.7 Å². The summed E-state index contributed by atoms with van der Waals surface area (Å²) in [5.74, 6) is 0.600. The minimum Gasteiger partial charge on any atom is -0.392 e. The van der Waals surface area contributed by atoms with Crippen molar-refractivity contribution in [3.8, 4) is 0 Å². The fourth-order valence-corrected chi connectivity index (χ4v) is 1.71. The van der Waals surface area contributed by atoms with Gasteiger partial charge in [-0.05, 0) is 18.8 Å². The third kappa shape index (κ3) is 6.00. The molecular weight excluding hydrogens is 220 g/mol. The zero-order chi connectivity index (χ0) is 12.7. The summed E-state index contributed by atoms with van der Waals surface area (Å²) in [6.45, 7) is 6.64. The molecule has 3 N–H and O–H groups in total. The van der Waals surface area contributed by atoms with Crippen LogP contribution in [0.3, 0.4) is 0 Å². The molecule has 5 nitrogen and oxygen atoms in total. The van der Waals surface area contributed by atoms with E-state index in [1.165, 1.54) is 0 Å². The van der Waals surface area contributed by atoms with E-state index < -0.39 is 6.10 Å². The van der Waals surface area contributed by atoms with E-state index in [0.29, 0.717) is 32.0 Å². The molecule has 1 fully saturated rings.